The first-order chi connectivity index (χ1) is 6.93. The Labute approximate surface area is 89.6 Å². The quantitative estimate of drug-likeness (QED) is 0.670. The van der Waals surface area contributed by atoms with E-state index in [0.29, 0.717) is 0 Å². The lowest BCUT2D eigenvalue weighted by atomic mass is 9.95. The number of hydrogen-bond donors (Lipinski definition) is 2. The normalized spacial score (nSPS) is 17.4. The Hall–Kier alpha value is -0.0800. The van der Waals surface area contributed by atoms with Crippen molar-refractivity contribution in [1.29, 1.82) is 0 Å². The number of unbranched alkanes of at least 4 members (excludes halogenated alkanes) is 1. The van der Waals surface area contributed by atoms with Gasteiger partial charge in [0, 0.05) is 6.04 Å². The summed E-state index contributed by atoms with van der Waals surface area (Å²) in [5.74, 6) is 0. The summed E-state index contributed by atoms with van der Waals surface area (Å²) in [5.41, 5.74) is 5.42. The van der Waals surface area contributed by atoms with Crippen molar-refractivity contribution in [3.8, 4) is 0 Å². The Morgan fingerprint density at radius 3 is 2.29 bits per heavy atom. The minimum atomic E-state index is 0.816. The smallest absolute Gasteiger partial charge is 0.00670 e. The van der Waals surface area contributed by atoms with Gasteiger partial charge in [-0.3, -0.25) is 0 Å². The minimum Gasteiger partial charge on any atom is -0.330 e. The fourth-order valence-electron chi connectivity index (χ4n) is 1.88. The Balaban J connectivity index is 0.000000791. The highest BCUT2D eigenvalue weighted by Crippen LogP contribution is 2.17. The number of nitrogens with one attached hydrogen (secondary N) is 1. The van der Waals surface area contributed by atoms with Crippen LogP contribution in [0.25, 0.3) is 0 Å². The van der Waals surface area contributed by atoms with Gasteiger partial charge in [0.2, 0.25) is 0 Å². The molecule has 0 radical (unpaired) electrons. The lowest BCUT2D eigenvalue weighted by molar-refractivity contribution is 0.371. The van der Waals surface area contributed by atoms with E-state index < -0.39 is 0 Å². The first-order valence-corrected chi connectivity index (χ1v) is 6.37. The molecule has 2 heteroatoms. The molecule has 0 spiro atoms. The van der Waals surface area contributed by atoms with E-state index in [-0.39, 0.29) is 0 Å². The molecule has 14 heavy (non-hydrogen) atoms. The molecule has 2 nitrogen and oxygen atoms in total. The number of nitrogens with two attached hydrogens (primary N) is 1. The summed E-state index contributed by atoms with van der Waals surface area (Å²) >= 11 is 0. The molecule has 3 N–H and O–H groups in total. The molecule has 0 aromatic carbocycles. The predicted octanol–water partition coefficient (Wildman–Crippen LogP) is 2.67. The number of hydrogen-bond acceptors (Lipinski definition) is 2. The van der Waals surface area contributed by atoms with Gasteiger partial charge in [0.15, 0.2) is 0 Å². The molecule has 0 aromatic heterocycles. The Morgan fingerprint density at radius 2 is 1.71 bits per heavy atom. The van der Waals surface area contributed by atoms with Crippen molar-refractivity contribution in [2.24, 2.45) is 5.73 Å². The summed E-state index contributed by atoms with van der Waals surface area (Å²) in [6.45, 7) is 6.01. The molecule has 0 saturated heterocycles. The highest BCUT2D eigenvalue weighted by atomic mass is 14.9. The maximum Gasteiger partial charge on any atom is 0.00670 e. The summed E-state index contributed by atoms with van der Waals surface area (Å²) < 4.78 is 0. The van der Waals surface area contributed by atoms with E-state index in [2.05, 4.69) is 5.32 Å². The van der Waals surface area contributed by atoms with Crippen LogP contribution < -0.4 is 11.1 Å². The van der Waals surface area contributed by atoms with Crippen LogP contribution in [0.15, 0.2) is 0 Å². The second-order valence-corrected chi connectivity index (χ2v) is 3.78. The molecular weight excluding hydrogens is 172 g/mol. The molecule has 0 aliphatic heterocycles. The molecule has 0 aromatic rings. The molecule has 86 valence electrons. The second kappa shape index (κ2) is 11.0. The van der Waals surface area contributed by atoms with E-state index in [1.165, 1.54) is 51.5 Å². The van der Waals surface area contributed by atoms with E-state index in [1.807, 2.05) is 13.8 Å². The van der Waals surface area contributed by atoms with Crippen LogP contribution >= 0.6 is 0 Å². The van der Waals surface area contributed by atoms with Crippen molar-refractivity contribution in [3.63, 3.8) is 0 Å². The third kappa shape index (κ3) is 7.34. The van der Waals surface area contributed by atoms with Gasteiger partial charge < -0.3 is 11.1 Å². The Kier molecular flexibility index (Phi) is 10.9. The van der Waals surface area contributed by atoms with Crippen molar-refractivity contribution < 1.29 is 0 Å². The zero-order valence-electron chi connectivity index (χ0n) is 10.0. The first kappa shape index (κ1) is 13.9. The van der Waals surface area contributed by atoms with Gasteiger partial charge in [-0.25, -0.2) is 0 Å². The third-order valence-electron chi connectivity index (χ3n) is 2.67. The highest BCUT2D eigenvalue weighted by Gasteiger charge is 2.11. The van der Waals surface area contributed by atoms with Gasteiger partial charge in [0.05, 0.1) is 0 Å². The van der Waals surface area contributed by atoms with Crippen LogP contribution in [0, 0.1) is 0 Å². The van der Waals surface area contributed by atoms with Gasteiger partial charge in [-0.1, -0.05) is 33.1 Å². The maximum absolute atomic E-state index is 5.42. The van der Waals surface area contributed by atoms with Gasteiger partial charge >= 0.3 is 0 Å². The summed E-state index contributed by atoms with van der Waals surface area (Å²) in [7, 11) is 0. The zero-order valence-corrected chi connectivity index (χ0v) is 10.0. The van der Waals surface area contributed by atoms with Crippen LogP contribution in [-0.4, -0.2) is 19.1 Å². The lowest BCUT2D eigenvalue weighted by Gasteiger charge is -2.22. The van der Waals surface area contributed by atoms with Gasteiger partial charge in [-0.15, -0.1) is 0 Å². The van der Waals surface area contributed by atoms with E-state index in [9.17, 15) is 0 Å². The largest absolute Gasteiger partial charge is 0.330 e. The second-order valence-electron chi connectivity index (χ2n) is 3.78. The van der Waals surface area contributed by atoms with E-state index >= 15 is 0 Å². The topological polar surface area (TPSA) is 38.0 Å². The van der Waals surface area contributed by atoms with Crippen molar-refractivity contribution in [3.05, 3.63) is 0 Å². The summed E-state index contributed by atoms with van der Waals surface area (Å²) in [5, 5.41) is 3.60. The fraction of sp³-hybridized carbons (Fsp3) is 1.00. The number of rotatable bonds is 5. The minimum absolute atomic E-state index is 0.816. The lowest BCUT2D eigenvalue weighted by Crippen LogP contribution is -2.31. The summed E-state index contributed by atoms with van der Waals surface area (Å²) in [6, 6.07) is 0.816. The molecule has 1 saturated carbocycles. The molecule has 0 heterocycles. The highest BCUT2D eigenvalue weighted by molar-refractivity contribution is 4.71. The Morgan fingerprint density at radius 1 is 1.07 bits per heavy atom. The van der Waals surface area contributed by atoms with Crippen LogP contribution in [0.2, 0.25) is 0 Å². The monoisotopic (exact) mass is 200 g/mol. The summed E-state index contributed by atoms with van der Waals surface area (Å²) in [6.07, 6.45) is 9.49. The van der Waals surface area contributed by atoms with Gasteiger partial charge in [-0.05, 0) is 38.8 Å². The van der Waals surface area contributed by atoms with Crippen LogP contribution in [0.1, 0.15) is 58.8 Å². The molecule has 1 fully saturated rings. The standard InChI is InChI=1S/C10H22N2.C2H6/c11-8-4-5-9-12-10-6-2-1-3-7-10;1-2/h10,12H,1-9,11H2;1-2H3. The van der Waals surface area contributed by atoms with Crippen LogP contribution in [-0.2, 0) is 0 Å². The average molecular weight is 200 g/mol. The van der Waals surface area contributed by atoms with Gasteiger partial charge in [0.25, 0.3) is 0 Å². The van der Waals surface area contributed by atoms with Gasteiger partial charge in [0.1, 0.15) is 0 Å². The van der Waals surface area contributed by atoms with Crippen molar-refractivity contribution in [2.45, 2.75) is 64.8 Å². The third-order valence-corrected chi connectivity index (χ3v) is 2.67. The molecule has 0 amide bonds. The molecule has 0 unspecified atom stereocenters. The van der Waals surface area contributed by atoms with Crippen LogP contribution in [0.5, 0.6) is 0 Å². The average Bonchev–Trinajstić information content (AvgIpc) is 2.29. The van der Waals surface area contributed by atoms with Crippen LogP contribution in [0.3, 0.4) is 0 Å². The summed E-state index contributed by atoms with van der Waals surface area (Å²) in [4.78, 5) is 0. The van der Waals surface area contributed by atoms with E-state index in [4.69, 9.17) is 5.73 Å². The zero-order chi connectivity index (χ0) is 10.6. The van der Waals surface area contributed by atoms with E-state index in [1.54, 1.807) is 0 Å². The van der Waals surface area contributed by atoms with Crippen molar-refractivity contribution >= 4 is 0 Å². The maximum atomic E-state index is 5.42. The van der Waals surface area contributed by atoms with Gasteiger partial charge in [-0.2, -0.15) is 0 Å². The van der Waals surface area contributed by atoms with E-state index in [0.717, 1.165) is 12.6 Å². The SMILES string of the molecule is CC.NCCCCNC1CCCCC1. The molecule has 1 aliphatic rings. The predicted molar refractivity (Wildman–Crippen MR) is 64.5 cm³/mol. The molecule has 1 rings (SSSR count). The van der Waals surface area contributed by atoms with Crippen LogP contribution in [0.4, 0.5) is 0 Å². The molecule has 0 bridgehead atoms. The van der Waals surface area contributed by atoms with Crippen molar-refractivity contribution in [2.75, 3.05) is 13.1 Å². The molecule has 1 aliphatic carbocycles. The molecular formula is C12H28N2. The first-order valence-electron chi connectivity index (χ1n) is 6.37. The fourth-order valence-corrected chi connectivity index (χ4v) is 1.88. The molecule has 0 atom stereocenters. The Bertz CT molecular complexity index is 98.5. The van der Waals surface area contributed by atoms with Crippen molar-refractivity contribution in [1.82, 2.24) is 5.32 Å².